The number of imide groups is 1. The maximum atomic E-state index is 13.0. The van der Waals surface area contributed by atoms with Crippen LogP contribution in [-0.2, 0) is 20.9 Å². The normalized spacial score (nSPS) is 14.7. The molecule has 2 heterocycles. The summed E-state index contributed by atoms with van der Waals surface area (Å²) in [5.41, 5.74) is 3.02. The number of fused-ring (bicyclic) bond motifs is 1. The van der Waals surface area contributed by atoms with Gasteiger partial charge < -0.3 is 14.6 Å². The van der Waals surface area contributed by atoms with Crippen molar-refractivity contribution in [1.82, 2.24) is 14.8 Å². The van der Waals surface area contributed by atoms with Gasteiger partial charge in [0.25, 0.3) is 11.1 Å². The first kappa shape index (κ1) is 25.4. The Hall–Kier alpha value is -3.69. The van der Waals surface area contributed by atoms with Gasteiger partial charge in [-0.3, -0.25) is 24.1 Å². The van der Waals surface area contributed by atoms with Crippen molar-refractivity contribution in [2.24, 2.45) is 0 Å². The Morgan fingerprint density at radius 3 is 2.56 bits per heavy atom. The van der Waals surface area contributed by atoms with Gasteiger partial charge in [-0.05, 0) is 37.2 Å². The van der Waals surface area contributed by atoms with Gasteiger partial charge in [0.2, 0.25) is 5.91 Å². The number of carbonyl (C=O) groups excluding carboxylic acids is 4. The SMILES string of the molecule is COCCCNC(=O)Cn1cc(/C=C2\SC(=O)N(CC(=O)c3ccc(C)cc3)C2=O)c2ccccc21. The largest absolute Gasteiger partial charge is 0.385 e. The topological polar surface area (TPSA) is 97.7 Å². The van der Waals surface area contributed by atoms with E-state index in [1.807, 2.05) is 47.9 Å². The van der Waals surface area contributed by atoms with Crippen LogP contribution in [0.15, 0.2) is 59.6 Å². The molecule has 186 valence electrons. The van der Waals surface area contributed by atoms with Gasteiger partial charge in [-0.15, -0.1) is 0 Å². The van der Waals surface area contributed by atoms with E-state index in [9.17, 15) is 19.2 Å². The molecule has 9 heteroatoms. The van der Waals surface area contributed by atoms with E-state index in [2.05, 4.69) is 5.32 Å². The Labute approximate surface area is 213 Å². The summed E-state index contributed by atoms with van der Waals surface area (Å²) >= 11 is 0.810. The summed E-state index contributed by atoms with van der Waals surface area (Å²) in [5, 5.41) is 3.24. The number of nitrogens with zero attached hydrogens (tertiary/aromatic N) is 2. The molecule has 1 aromatic heterocycles. The predicted octanol–water partition coefficient (Wildman–Crippen LogP) is 4.02. The van der Waals surface area contributed by atoms with Gasteiger partial charge in [0, 0.05) is 48.5 Å². The van der Waals surface area contributed by atoms with Crippen molar-refractivity contribution in [2.45, 2.75) is 19.9 Å². The molecule has 1 aliphatic rings. The summed E-state index contributed by atoms with van der Waals surface area (Å²) in [5.74, 6) is -0.932. The second-order valence-corrected chi connectivity index (χ2v) is 9.48. The molecular weight excluding hydrogens is 478 g/mol. The van der Waals surface area contributed by atoms with Crippen LogP contribution in [0.5, 0.6) is 0 Å². The molecule has 0 spiro atoms. The zero-order valence-corrected chi connectivity index (χ0v) is 21.0. The smallest absolute Gasteiger partial charge is 0.293 e. The van der Waals surface area contributed by atoms with E-state index in [4.69, 9.17) is 4.74 Å². The Bertz CT molecular complexity index is 1340. The van der Waals surface area contributed by atoms with E-state index in [1.165, 1.54) is 0 Å². The second-order valence-electron chi connectivity index (χ2n) is 8.48. The first-order valence-corrected chi connectivity index (χ1v) is 12.4. The van der Waals surface area contributed by atoms with E-state index in [1.54, 1.807) is 31.5 Å². The number of hydrogen-bond acceptors (Lipinski definition) is 6. The summed E-state index contributed by atoms with van der Waals surface area (Å²) < 4.78 is 6.82. The number of aryl methyl sites for hydroxylation is 1. The molecule has 1 aliphatic heterocycles. The van der Waals surface area contributed by atoms with Gasteiger partial charge in [-0.2, -0.15) is 0 Å². The van der Waals surface area contributed by atoms with Crippen molar-refractivity contribution in [2.75, 3.05) is 26.8 Å². The van der Waals surface area contributed by atoms with Crippen molar-refractivity contribution in [3.8, 4) is 0 Å². The molecule has 2 aromatic carbocycles. The molecular formula is C27H27N3O5S. The minimum atomic E-state index is -0.502. The Balaban J connectivity index is 1.52. The Morgan fingerprint density at radius 2 is 1.81 bits per heavy atom. The lowest BCUT2D eigenvalue weighted by Crippen LogP contribution is -2.33. The lowest BCUT2D eigenvalue weighted by atomic mass is 10.1. The van der Waals surface area contributed by atoms with Gasteiger partial charge in [-0.25, -0.2) is 0 Å². The maximum Gasteiger partial charge on any atom is 0.293 e. The summed E-state index contributed by atoms with van der Waals surface area (Å²) in [6.45, 7) is 2.82. The van der Waals surface area contributed by atoms with Crippen LogP contribution in [0.25, 0.3) is 17.0 Å². The first-order valence-electron chi connectivity index (χ1n) is 11.6. The summed E-state index contributed by atoms with van der Waals surface area (Å²) in [7, 11) is 1.62. The lowest BCUT2D eigenvalue weighted by molar-refractivity contribution is -0.122. The number of benzene rings is 2. The number of Topliss-reactive ketones (excluding diaryl/α,β-unsaturated/α-hetero) is 1. The van der Waals surface area contributed by atoms with Gasteiger partial charge in [-0.1, -0.05) is 48.0 Å². The minimum absolute atomic E-state index is 0.119. The van der Waals surface area contributed by atoms with Crippen LogP contribution in [-0.4, -0.2) is 59.1 Å². The maximum absolute atomic E-state index is 13.0. The summed E-state index contributed by atoms with van der Waals surface area (Å²) in [4.78, 5) is 51.9. The van der Waals surface area contributed by atoms with Gasteiger partial charge >= 0.3 is 0 Å². The highest BCUT2D eigenvalue weighted by molar-refractivity contribution is 8.18. The standard InChI is InChI=1S/C27H27N3O5S/c1-18-8-10-19(11-9-18)23(31)16-30-26(33)24(36-27(30)34)14-20-15-29(22-7-4-3-6-21(20)22)17-25(32)28-12-5-13-35-2/h3-4,6-11,14-15H,5,12-13,16-17H2,1-2H3,(H,28,32)/b24-14-. The van der Waals surface area contributed by atoms with Crippen molar-refractivity contribution >= 4 is 51.6 Å². The number of nitrogens with one attached hydrogen (secondary N) is 1. The van der Waals surface area contributed by atoms with Crippen LogP contribution < -0.4 is 5.32 Å². The molecule has 0 unspecified atom stereocenters. The van der Waals surface area contributed by atoms with Crippen LogP contribution in [0.2, 0.25) is 0 Å². The summed E-state index contributed by atoms with van der Waals surface area (Å²) in [6, 6.07) is 14.6. The molecule has 0 radical (unpaired) electrons. The van der Waals surface area contributed by atoms with E-state index >= 15 is 0 Å². The molecule has 3 amide bonds. The predicted molar refractivity (Wildman–Crippen MR) is 140 cm³/mol. The molecule has 0 bridgehead atoms. The molecule has 36 heavy (non-hydrogen) atoms. The number of rotatable bonds is 10. The highest BCUT2D eigenvalue weighted by Crippen LogP contribution is 2.34. The summed E-state index contributed by atoms with van der Waals surface area (Å²) in [6.07, 6.45) is 4.17. The second kappa shape index (κ2) is 11.4. The molecule has 1 saturated heterocycles. The number of carbonyl (C=O) groups is 4. The highest BCUT2D eigenvalue weighted by atomic mass is 32.2. The minimum Gasteiger partial charge on any atom is -0.385 e. The molecule has 0 atom stereocenters. The van der Waals surface area contributed by atoms with Crippen LogP contribution in [0.4, 0.5) is 4.79 Å². The van der Waals surface area contributed by atoms with E-state index < -0.39 is 11.1 Å². The van der Waals surface area contributed by atoms with E-state index in [0.29, 0.717) is 24.3 Å². The van der Waals surface area contributed by atoms with Crippen molar-refractivity contribution in [3.05, 3.63) is 76.3 Å². The molecule has 1 N–H and O–H groups in total. The highest BCUT2D eigenvalue weighted by Gasteiger charge is 2.36. The number of methoxy groups -OCH3 is 1. The Kier molecular flexibility index (Phi) is 8.02. The molecule has 3 aromatic rings. The number of amides is 3. The zero-order chi connectivity index (χ0) is 25.7. The molecule has 0 aliphatic carbocycles. The quantitative estimate of drug-likeness (QED) is 0.254. The van der Waals surface area contributed by atoms with Gasteiger partial charge in [0.1, 0.15) is 6.54 Å². The fraction of sp³-hybridized carbons (Fsp3) is 0.259. The van der Waals surface area contributed by atoms with E-state index in [-0.39, 0.29) is 29.7 Å². The lowest BCUT2D eigenvalue weighted by Gasteiger charge is -2.11. The molecule has 4 rings (SSSR count). The van der Waals surface area contributed by atoms with Crippen LogP contribution >= 0.6 is 11.8 Å². The Morgan fingerprint density at radius 1 is 1.06 bits per heavy atom. The van der Waals surface area contributed by atoms with Gasteiger partial charge in [0.15, 0.2) is 5.78 Å². The fourth-order valence-corrected chi connectivity index (χ4v) is 4.76. The average molecular weight is 506 g/mol. The van der Waals surface area contributed by atoms with Crippen LogP contribution in [0.3, 0.4) is 0 Å². The monoisotopic (exact) mass is 505 g/mol. The van der Waals surface area contributed by atoms with Crippen molar-refractivity contribution in [3.63, 3.8) is 0 Å². The number of para-hydroxylation sites is 1. The number of ketones is 1. The van der Waals surface area contributed by atoms with Crippen LogP contribution in [0.1, 0.15) is 27.9 Å². The average Bonchev–Trinajstić information content (AvgIpc) is 3.34. The molecule has 1 fully saturated rings. The zero-order valence-electron chi connectivity index (χ0n) is 20.2. The third-order valence-electron chi connectivity index (χ3n) is 5.82. The van der Waals surface area contributed by atoms with Crippen LogP contribution in [0, 0.1) is 6.92 Å². The van der Waals surface area contributed by atoms with E-state index in [0.717, 1.165) is 39.5 Å². The van der Waals surface area contributed by atoms with Crippen molar-refractivity contribution < 1.29 is 23.9 Å². The van der Waals surface area contributed by atoms with Gasteiger partial charge in [0.05, 0.1) is 11.4 Å². The fourth-order valence-electron chi connectivity index (χ4n) is 3.93. The number of thioether (sulfide) groups is 1. The third-order valence-corrected chi connectivity index (χ3v) is 6.72. The number of ether oxygens (including phenoxy) is 1. The van der Waals surface area contributed by atoms with Crippen molar-refractivity contribution in [1.29, 1.82) is 0 Å². The molecule has 8 nitrogen and oxygen atoms in total. The third kappa shape index (κ3) is 5.75. The molecule has 0 saturated carbocycles. The first-order chi connectivity index (χ1) is 17.4. The number of aromatic nitrogens is 1. The number of hydrogen-bond donors (Lipinski definition) is 1.